The molecule has 0 aliphatic carbocycles. The van der Waals surface area contributed by atoms with Crippen molar-refractivity contribution in [2.75, 3.05) is 52.4 Å². The van der Waals surface area contributed by atoms with E-state index < -0.39 is 15.3 Å². The van der Waals surface area contributed by atoms with Gasteiger partial charge in [0.05, 0.1) is 85.3 Å². The molecule has 108 heavy (non-hydrogen) atoms. The number of halogens is 2. The number of hydrogen-bond acceptors (Lipinski definition) is 10. The van der Waals surface area contributed by atoms with Crippen molar-refractivity contribution in [1.82, 2.24) is 19.9 Å². The minimum absolute atomic E-state index is 0. The van der Waals surface area contributed by atoms with Crippen LogP contribution in [0.1, 0.15) is 172 Å². The maximum atomic E-state index is 8.36. The second-order valence-corrected chi connectivity index (χ2v) is 28.6. The number of aromatic nitrogens is 4. The van der Waals surface area contributed by atoms with Crippen LogP contribution in [0.5, 0.6) is 0 Å². The first-order valence-electron chi connectivity index (χ1n) is 37.9. The van der Waals surface area contributed by atoms with Crippen LogP contribution in [0, 0.1) is 40.8 Å². The third-order valence-electron chi connectivity index (χ3n) is 20.1. The molecule has 3 aromatic heterocycles. The third kappa shape index (κ3) is 25.1. The van der Waals surface area contributed by atoms with Gasteiger partial charge in [-0.05, 0) is 184 Å². The van der Waals surface area contributed by atoms with E-state index in [2.05, 4.69) is 199 Å². The number of nitrogens with zero attached hydrogens (tertiary/aromatic N) is 9. The van der Waals surface area contributed by atoms with Gasteiger partial charge in [0.1, 0.15) is 0 Å². The van der Waals surface area contributed by atoms with Crippen molar-refractivity contribution < 1.29 is 46.5 Å². The standard InChI is InChI=1S/C87H100Cl2N6.Fe.HNO3.2NO3/c1-7-13-19-59-95(57-17-11-5,58-18-12-6)61-23-25-65-32-36-69(37-33-65)85-78-48-52-82(92-78)86(70-42-38-66(39-43-70)72-26-20-28-74(88)62-72)80-50-46-76(90-80)84(68-34-30-64(31-35-68)24-22-60-94(54-14-8-2,55-15-9-3)56-16-10-4)77-47-51-81(91-77)87(83-53-49-79(85)93-83)71-44-40-67(41-45-71)73-27-21-29-75(89)63-73;;3*2-1(3)4/h20-21,26-53,62-63H,7-19,22-25,54-61H2,1-6H3;;(H,2,3,4);;/q;+2;;2*-1. The quantitative estimate of drug-likeness (QED) is 0.0132. The molecule has 2 aliphatic rings. The van der Waals surface area contributed by atoms with Gasteiger partial charge < -0.3 is 54.8 Å². The third-order valence-corrected chi connectivity index (χ3v) is 20.6. The minimum Gasteiger partial charge on any atom is -0.657 e. The zero-order valence-corrected chi connectivity index (χ0v) is 65.6. The summed E-state index contributed by atoms with van der Waals surface area (Å²) in [6.45, 7) is 24.3. The number of fused-ring (bicyclic) bond motifs is 8. The van der Waals surface area contributed by atoms with E-state index in [1.54, 1.807) is 0 Å². The normalized spacial score (nSPS) is 11.5. The molecule has 11 rings (SSSR count). The van der Waals surface area contributed by atoms with Gasteiger partial charge in [-0.15, -0.1) is 32.2 Å². The molecule has 0 saturated carbocycles. The first-order valence-corrected chi connectivity index (χ1v) is 38.6. The van der Waals surface area contributed by atoms with E-state index >= 15 is 0 Å². The number of aryl methyl sites for hydroxylation is 2. The average Bonchev–Trinajstić information content (AvgIpc) is 1.61. The van der Waals surface area contributed by atoms with Crippen molar-refractivity contribution in [2.24, 2.45) is 0 Å². The first kappa shape index (κ1) is 85.8. The van der Waals surface area contributed by atoms with Crippen LogP contribution in [0.2, 0.25) is 10.0 Å². The molecule has 0 saturated heterocycles. The van der Waals surface area contributed by atoms with Crippen LogP contribution >= 0.6 is 23.2 Å². The van der Waals surface area contributed by atoms with Crippen LogP contribution in [0.25, 0.3) is 113 Å². The fraction of sp³-hybridized carbons (Fsp3) is 0.356. The monoisotopic (exact) mass is 1540 g/mol. The topological polar surface area (TPSA) is 250 Å². The molecule has 0 unspecified atom stereocenters. The Hall–Kier alpha value is -9.46. The fourth-order valence-corrected chi connectivity index (χ4v) is 15.1. The van der Waals surface area contributed by atoms with Crippen molar-refractivity contribution in [1.29, 1.82) is 0 Å². The molecule has 0 fully saturated rings. The predicted octanol–water partition coefficient (Wildman–Crippen LogP) is 23.1. The Morgan fingerprint density at radius 1 is 0.343 bits per heavy atom. The van der Waals surface area contributed by atoms with Crippen molar-refractivity contribution in [2.45, 2.75) is 151 Å². The maximum Gasteiger partial charge on any atom is 2.00 e. The molecule has 9 aromatic rings. The Kier molecular flexibility index (Phi) is 34.6. The first-order chi connectivity index (χ1) is 51.7. The molecule has 570 valence electrons. The molecule has 2 aliphatic heterocycles. The number of unbranched alkanes of at least 4 members (excludes halogenated alkanes) is 7. The largest absolute Gasteiger partial charge is 2.00 e. The van der Waals surface area contributed by atoms with Gasteiger partial charge >= 0.3 is 17.1 Å². The SMILES string of the molecule is CCCCC[N+](CCCC)(CCCC)CCCc1ccc(-c2c3nc(c(-c4ccc(-c5cccc(Cl)c5)cc4)c4ccc([n-]4)c(-c4ccc(CCC[N+](CCCC)(CCCC)CCCC)cc4)c4nc(c(-c5ccc(-c6cccc(Cl)c6)cc5)c5ccc2[n-]5)C=C4)C=C3)cc1.O=[N+]([O-])O.O=[N+]([O-])[O-].O=[N+]([O-])[O-].[Fe+2]. The molecule has 6 aromatic carbocycles. The average molecular weight is 1540 g/mol. The van der Waals surface area contributed by atoms with Crippen LogP contribution in [0.3, 0.4) is 0 Å². The summed E-state index contributed by atoms with van der Waals surface area (Å²) in [4.78, 5) is 47.6. The number of quaternary nitrogens is 2. The summed E-state index contributed by atoms with van der Waals surface area (Å²) in [6, 6.07) is 61.0. The zero-order valence-electron chi connectivity index (χ0n) is 63.0. The van der Waals surface area contributed by atoms with Gasteiger partial charge in [0, 0.05) is 22.9 Å². The van der Waals surface area contributed by atoms with E-state index in [0.717, 1.165) is 124 Å². The van der Waals surface area contributed by atoms with Crippen molar-refractivity contribution in [3.8, 4) is 66.8 Å². The summed E-state index contributed by atoms with van der Waals surface area (Å²) in [7, 11) is 0. The van der Waals surface area contributed by atoms with E-state index in [4.69, 9.17) is 89.1 Å². The molecule has 0 radical (unpaired) electrons. The van der Waals surface area contributed by atoms with Gasteiger partial charge in [0.2, 0.25) is 0 Å². The van der Waals surface area contributed by atoms with Crippen molar-refractivity contribution >= 4 is 69.6 Å². The molecular weight excluding hydrogens is 1440 g/mol. The van der Waals surface area contributed by atoms with Crippen LogP contribution in [0.4, 0.5) is 0 Å². The second-order valence-electron chi connectivity index (χ2n) is 27.8. The Balaban J connectivity index is 0.00000116. The van der Waals surface area contributed by atoms with E-state index in [9.17, 15) is 0 Å². The van der Waals surface area contributed by atoms with E-state index in [0.29, 0.717) is 10.0 Å². The number of rotatable bonds is 33. The van der Waals surface area contributed by atoms with Gasteiger partial charge in [-0.2, -0.15) is 0 Å². The molecule has 1 N–H and O–H groups in total. The van der Waals surface area contributed by atoms with Crippen LogP contribution in [-0.4, -0.2) is 91.8 Å². The van der Waals surface area contributed by atoms with Crippen LogP contribution < -0.4 is 9.97 Å². The van der Waals surface area contributed by atoms with Crippen LogP contribution in [0.15, 0.2) is 170 Å². The predicted molar refractivity (Wildman–Crippen MR) is 439 cm³/mol. The van der Waals surface area contributed by atoms with Gasteiger partial charge in [-0.3, -0.25) is 0 Å². The van der Waals surface area contributed by atoms with Gasteiger partial charge in [-0.25, -0.2) is 9.97 Å². The van der Waals surface area contributed by atoms with Gasteiger partial charge in [0.15, 0.2) is 0 Å². The number of benzene rings is 6. The van der Waals surface area contributed by atoms with Gasteiger partial charge in [0.25, 0.3) is 5.09 Å². The Labute approximate surface area is 656 Å². The second kappa shape index (κ2) is 43.5. The summed E-state index contributed by atoms with van der Waals surface area (Å²) in [5.41, 5.74) is 21.8. The molecule has 18 nitrogen and oxygen atoms in total. The Bertz CT molecular complexity index is 4450. The summed E-state index contributed by atoms with van der Waals surface area (Å²) in [5, 5.41) is 44.6. The summed E-state index contributed by atoms with van der Waals surface area (Å²) < 4.78 is 2.52. The summed E-state index contributed by atoms with van der Waals surface area (Å²) in [5.74, 6) is 0. The zero-order chi connectivity index (χ0) is 76.7. The van der Waals surface area contributed by atoms with E-state index in [1.807, 2.05) is 36.4 Å². The van der Waals surface area contributed by atoms with Crippen molar-refractivity contribution in [3.63, 3.8) is 0 Å². The Morgan fingerprint density at radius 2 is 0.583 bits per heavy atom. The van der Waals surface area contributed by atoms with E-state index in [-0.39, 0.29) is 17.1 Å². The molecule has 0 spiro atoms. The van der Waals surface area contributed by atoms with Crippen molar-refractivity contribution in [3.05, 3.63) is 255 Å². The molecule has 0 atom stereocenters. The number of hydrogen-bond donors (Lipinski definition) is 1. The molecular formula is C87H101Cl2FeN9O9. The smallest absolute Gasteiger partial charge is 0.657 e. The molecule has 8 bridgehead atoms. The molecule has 21 heteroatoms. The molecule has 0 amide bonds. The summed E-state index contributed by atoms with van der Waals surface area (Å²) >= 11 is 13.1. The summed E-state index contributed by atoms with van der Waals surface area (Å²) in [6.07, 6.45) is 29.8. The minimum atomic E-state index is -1.75. The van der Waals surface area contributed by atoms with Crippen LogP contribution in [-0.2, 0) is 29.9 Å². The van der Waals surface area contributed by atoms with Gasteiger partial charge in [-0.1, -0.05) is 249 Å². The Morgan fingerprint density at radius 3 is 0.843 bits per heavy atom. The maximum absolute atomic E-state index is 8.36. The van der Waals surface area contributed by atoms with E-state index in [1.165, 1.54) is 169 Å². The molecule has 5 heterocycles. The fourth-order valence-electron chi connectivity index (χ4n) is 14.7.